The van der Waals surface area contributed by atoms with Crippen molar-refractivity contribution >= 4 is 57.6 Å². The van der Waals surface area contributed by atoms with E-state index in [2.05, 4.69) is 0 Å². The van der Waals surface area contributed by atoms with Crippen molar-refractivity contribution in [3.8, 4) is 0 Å². The van der Waals surface area contributed by atoms with Gasteiger partial charge in [-0.1, -0.05) is 43.9 Å². The van der Waals surface area contributed by atoms with Crippen molar-refractivity contribution in [1.82, 2.24) is 4.90 Å². The lowest BCUT2D eigenvalue weighted by Crippen LogP contribution is -2.50. The minimum Gasteiger partial charge on any atom is -0.548 e. The average molecular weight is 340 g/mol. The molecular weight excluding hydrogens is 326 g/mol. The average Bonchev–Trinajstić information content (AvgIpc) is 2.97. The third kappa shape index (κ3) is 3.72. The van der Waals surface area contributed by atoms with E-state index < -0.39 is 12.0 Å². The normalized spacial score (nSPS) is 18.8. The molecule has 0 radical (unpaired) electrons. The fourth-order valence-electron chi connectivity index (χ4n) is 2.00. The smallest absolute Gasteiger partial charge is 0.266 e. The summed E-state index contributed by atoms with van der Waals surface area (Å²) in [5.74, 6) is -1.50. The molecule has 1 fully saturated rings. The molecule has 0 aliphatic carbocycles. The van der Waals surface area contributed by atoms with Gasteiger partial charge in [-0.15, -0.1) is 11.3 Å². The zero-order valence-corrected chi connectivity index (χ0v) is 14.0. The summed E-state index contributed by atoms with van der Waals surface area (Å²) in [7, 11) is 0. The lowest BCUT2D eigenvalue weighted by molar-refractivity contribution is -0.310. The first kappa shape index (κ1) is 16.2. The molecule has 1 aliphatic heterocycles. The second-order valence-corrected chi connectivity index (χ2v) is 7.69. The van der Waals surface area contributed by atoms with Crippen LogP contribution in [-0.4, -0.2) is 27.1 Å². The van der Waals surface area contributed by atoms with Gasteiger partial charge < -0.3 is 9.90 Å². The zero-order valence-electron chi connectivity index (χ0n) is 11.6. The van der Waals surface area contributed by atoms with E-state index in [0.29, 0.717) is 11.3 Å². The number of thiophene rings is 1. The Morgan fingerprint density at radius 2 is 2.24 bits per heavy atom. The summed E-state index contributed by atoms with van der Waals surface area (Å²) in [6.07, 6.45) is 2.06. The number of carboxylic acid groups (broad SMARTS) is 1. The number of hydrogen-bond acceptors (Lipinski definition) is 6. The van der Waals surface area contributed by atoms with Crippen LogP contribution in [0.4, 0.5) is 0 Å². The first-order valence-corrected chi connectivity index (χ1v) is 8.52. The SMILES string of the molecule is CC(C)C[C@H](C(=O)[O-])N1C(=O)/C(=C\c2cccs2)SC1=S. The van der Waals surface area contributed by atoms with Crippen molar-refractivity contribution in [2.45, 2.75) is 26.3 Å². The summed E-state index contributed by atoms with van der Waals surface area (Å²) in [4.78, 5) is 26.3. The number of hydrogen-bond donors (Lipinski definition) is 0. The summed E-state index contributed by atoms with van der Waals surface area (Å²) in [5.41, 5.74) is 0. The molecule has 2 heterocycles. The number of carbonyl (C=O) groups is 2. The number of thiocarbonyl (C=S) groups is 1. The molecule has 2 rings (SSSR count). The fourth-order valence-corrected chi connectivity index (χ4v) is 4.08. The molecule has 1 atom stereocenters. The highest BCUT2D eigenvalue weighted by molar-refractivity contribution is 8.26. The van der Waals surface area contributed by atoms with Gasteiger partial charge in [0.15, 0.2) is 0 Å². The second-order valence-electron chi connectivity index (χ2n) is 5.03. The molecule has 1 aliphatic rings. The maximum absolute atomic E-state index is 12.4. The molecule has 0 aromatic carbocycles. The Balaban J connectivity index is 2.27. The highest BCUT2D eigenvalue weighted by Gasteiger charge is 2.37. The minimum atomic E-state index is -1.27. The minimum absolute atomic E-state index is 0.124. The van der Waals surface area contributed by atoms with Gasteiger partial charge in [0.1, 0.15) is 4.32 Å². The molecule has 21 heavy (non-hydrogen) atoms. The molecular formula is C14H14NO3S3-. The Bertz CT molecular complexity index is 593. The van der Waals surface area contributed by atoms with Gasteiger partial charge in [-0.2, -0.15) is 0 Å². The predicted molar refractivity (Wildman–Crippen MR) is 87.6 cm³/mol. The number of aliphatic carboxylic acids is 1. The van der Waals surface area contributed by atoms with E-state index >= 15 is 0 Å². The number of nitrogens with zero attached hydrogens (tertiary/aromatic N) is 1. The molecule has 7 heteroatoms. The van der Waals surface area contributed by atoms with E-state index in [0.717, 1.165) is 16.6 Å². The van der Waals surface area contributed by atoms with Crippen molar-refractivity contribution in [3.63, 3.8) is 0 Å². The highest BCUT2D eigenvalue weighted by Crippen LogP contribution is 2.35. The largest absolute Gasteiger partial charge is 0.548 e. The van der Waals surface area contributed by atoms with Crippen LogP contribution < -0.4 is 5.11 Å². The van der Waals surface area contributed by atoms with Crippen molar-refractivity contribution < 1.29 is 14.7 Å². The molecule has 0 N–H and O–H groups in total. The fraction of sp³-hybridized carbons (Fsp3) is 0.357. The summed E-state index contributed by atoms with van der Waals surface area (Å²) >= 11 is 7.82. The second kappa shape index (κ2) is 6.72. The van der Waals surface area contributed by atoms with Crippen LogP contribution in [0, 0.1) is 5.92 Å². The van der Waals surface area contributed by atoms with E-state index in [1.165, 1.54) is 16.2 Å². The van der Waals surface area contributed by atoms with Gasteiger partial charge in [0, 0.05) is 4.88 Å². The number of amides is 1. The van der Waals surface area contributed by atoms with Crippen LogP contribution in [0.25, 0.3) is 6.08 Å². The van der Waals surface area contributed by atoms with Gasteiger partial charge in [0.05, 0.1) is 16.9 Å². The Labute approximate surface area is 136 Å². The summed E-state index contributed by atoms with van der Waals surface area (Å²) < 4.78 is 0.276. The van der Waals surface area contributed by atoms with Crippen LogP contribution in [0.2, 0.25) is 0 Å². The van der Waals surface area contributed by atoms with Crippen molar-refractivity contribution in [2.75, 3.05) is 0 Å². The van der Waals surface area contributed by atoms with Gasteiger partial charge in [-0.05, 0) is 29.9 Å². The third-order valence-electron chi connectivity index (χ3n) is 2.92. The van der Waals surface area contributed by atoms with Crippen LogP contribution in [0.15, 0.2) is 22.4 Å². The van der Waals surface area contributed by atoms with Crippen LogP contribution >= 0.6 is 35.3 Å². The van der Waals surface area contributed by atoms with E-state index in [1.54, 1.807) is 6.08 Å². The number of thioether (sulfide) groups is 1. The molecule has 4 nitrogen and oxygen atoms in total. The molecule has 0 saturated carbocycles. The van der Waals surface area contributed by atoms with Gasteiger partial charge in [-0.3, -0.25) is 9.69 Å². The molecule has 1 amide bonds. The lowest BCUT2D eigenvalue weighted by atomic mass is 10.0. The van der Waals surface area contributed by atoms with Crippen LogP contribution in [0.3, 0.4) is 0 Å². The first-order valence-electron chi connectivity index (χ1n) is 6.41. The van der Waals surface area contributed by atoms with Crippen molar-refractivity contribution in [1.29, 1.82) is 0 Å². The maximum Gasteiger partial charge on any atom is 0.266 e. The first-order chi connectivity index (χ1) is 9.90. The summed E-state index contributed by atoms with van der Waals surface area (Å²) in [6, 6.07) is 2.77. The van der Waals surface area contributed by atoms with Gasteiger partial charge in [0.25, 0.3) is 5.91 Å². The van der Waals surface area contributed by atoms with Gasteiger partial charge in [0.2, 0.25) is 0 Å². The number of carboxylic acids is 1. The Hall–Kier alpha value is -1.18. The standard InChI is InChI=1S/C14H15NO3S3/c1-8(2)6-10(13(17)18)15-12(16)11(21-14(15)19)7-9-4-3-5-20-9/h3-5,7-8,10H,6H2,1-2H3,(H,17,18)/p-1/b11-7+/t10-/m1/s1. The quantitative estimate of drug-likeness (QED) is 0.607. The monoisotopic (exact) mass is 340 g/mol. The highest BCUT2D eigenvalue weighted by atomic mass is 32.2. The van der Waals surface area contributed by atoms with E-state index in [1.807, 2.05) is 31.4 Å². The number of rotatable bonds is 5. The molecule has 1 aromatic rings. The van der Waals surface area contributed by atoms with E-state index in [-0.39, 0.29) is 16.1 Å². The van der Waals surface area contributed by atoms with E-state index in [9.17, 15) is 14.7 Å². The van der Waals surface area contributed by atoms with Crippen LogP contribution in [0.5, 0.6) is 0 Å². The van der Waals surface area contributed by atoms with Gasteiger partial charge in [-0.25, -0.2) is 0 Å². The Morgan fingerprint density at radius 1 is 1.52 bits per heavy atom. The van der Waals surface area contributed by atoms with Crippen LogP contribution in [-0.2, 0) is 9.59 Å². The summed E-state index contributed by atoms with van der Waals surface area (Å²) in [5, 5.41) is 13.3. The molecule has 0 unspecified atom stereocenters. The topological polar surface area (TPSA) is 60.4 Å². The summed E-state index contributed by atoms with van der Waals surface area (Å²) in [6.45, 7) is 3.80. The third-order valence-corrected chi connectivity index (χ3v) is 5.07. The van der Waals surface area contributed by atoms with Crippen molar-refractivity contribution in [3.05, 3.63) is 27.3 Å². The molecule has 1 aromatic heterocycles. The Kier molecular flexibility index (Phi) is 5.18. The molecule has 0 spiro atoms. The van der Waals surface area contributed by atoms with E-state index in [4.69, 9.17) is 12.2 Å². The zero-order chi connectivity index (χ0) is 15.6. The molecule has 112 valence electrons. The molecule has 1 saturated heterocycles. The van der Waals surface area contributed by atoms with Crippen molar-refractivity contribution in [2.24, 2.45) is 5.92 Å². The van der Waals surface area contributed by atoms with Gasteiger partial charge >= 0.3 is 0 Å². The van der Waals surface area contributed by atoms with Crippen LogP contribution in [0.1, 0.15) is 25.1 Å². The molecule has 0 bridgehead atoms. The number of carbonyl (C=O) groups excluding carboxylic acids is 2. The predicted octanol–water partition coefficient (Wildman–Crippen LogP) is 2.11. The Morgan fingerprint density at radius 3 is 2.76 bits per heavy atom. The lowest BCUT2D eigenvalue weighted by Gasteiger charge is -2.28. The maximum atomic E-state index is 12.4.